The zero-order valence-electron chi connectivity index (χ0n) is 25.5. The number of carbonyl (C=O) groups excluding carboxylic acids is 1. The van der Waals surface area contributed by atoms with Gasteiger partial charge < -0.3 is 20.5 Å². The predicted molar refractivity (Wildman–Crippen MR) is 172 cm³/mol. The summed E-state index contributed by atoms with van der Waals surface area (Å²) in [6.45, 7) is 2.51. The molecule has 0 bridgehead atoms. The van der Waals surface area contributed by atoms with Crippen LogP contribution >= 0.6 is 10.8 Å². The second-order valence-corrected chi connectivity index (χ2v) is 13.4. The van der Waals surface area contributed by atoms with E-state index in [2.05, 4.69) is 10.6 Å². The van der Waals surface area contributed by atoms with Crippen molar-refractivity contribution in [2.75, 3.05) is 30.3 Å². The molecule has 12 heteroatoms. The van der Waals surface area contributed by atoms with Crippen LogP contribution in [0.3, 0.4) is 0 Å². The standard InChI is InChI=1S/C33H42F3N3O5S/c1-3-10-25-19-26(20-29(31(25)44-2)39-15-7-8-16-45(39,42)43)32(41)38-28(18-23-11-5-4-6-12-23)30(40)22-37-21-24-13-9-14-27(17-24)33(34,35)36/h4-6,9,11-14,17,19-20,28,30,37,40,42-43H,3,7-8,10,15-16,18,21-22H2,1-2H3,(H,38,41)/t28-,30+/m0/s1. The van der Waals surface area contributed by atoms with Gasteiger partial charge in [-0.2, -0.15) is 13.2 Å². The average Bonchev–Trinajstić information content (AvgIpc) is 3.00. The second kappa shape index (κ2) is 15.3. The van der Waals surface area contributed by atoms with Crippen LogP contribution < -0.4 is 19.7 Å². The van der Waals surface area contributed by atoms with E-state index in [1.165, 1.54) is 13.2 Å². The Morgan fingerprint density at radius 3 is 2.44 bits per heavy atom. The van der Waals surface area contributed by atoms with Crippen LogP contribution in [0.4, 0.5) is 18.9 Å². The van der Waals surface area contributed by atoms with Gasteiger partial charge in [-0.25, -0.2) is 0 Å². The topological polar surface area (TPSA) is 114 Å². The lowest BCUT2D eigenvalue weighted by molar-refractivity contribution is -0.137. The number of nitrogens with zero attached hydrogens (tertiary/aromatic N) is 1. The molecule has 8 nitrogen and oxygen atoms in total. The van der Waals surface area contributed by atoms with Crippen LogP contribution in [-0.2, 0) is 25.6 Å². The fourth-order valence-electron chi connectivity index (χ4n) is 5.53. The van der Waals surface area contributed by atoms with Gasteiger partial charge in [-0.3, -0.25) is 18.2 Å². The molecule has 1 aliphatic heterocycles. The smallest absolute Gasteiger partial charge is 0.416 e. The Morgan fingerprint density at radius 2 is 1.78 bits per heavy atom. The number of rotatable bonds is 13. The number of aliphatic hydroxyl groups is 1. The first-order valence-corrected chi connectivity index (χ1v) is 16.7. The number of hydrogen-bond acceptors (Lipinski definition) is 7. The Hall–Kier alpha value is -3.29. The first-order valence-electron chi connectivity index (χ1n) is 15.1. The van der Waals surface area contributed by atoms with Gasteiger partial charge in [0.05, 0.1) is 36.3 Å². The Labute approximate surface area is 264 Å². The first-order chi connectivity index (χ1) is 21.4. The van der Waals surface area contributed by atoms with Crippen molar-refractivity contribution in [2.45, 2.75) is 63.9 Å². The molecule has 1 fully saturated rings. The molecule has 1 aliphatic rings. The summed E-state index contributed by atoms with van der Waals surface area (Å²) in [5, 5.41) is 17.2. The van der Waals surface area contributed by atoms with Crippen molar-refractivity contribution in [3.8, 4) is 5.75 Å². The van der Waals surface area contributed by atoms with E-state index in [1.807, 2.05) is 37.3 Å². The maximum Gasteiger partial charge on any atom is 0.416 e. The molecule has 0 aliphatic carbocycles. The van der Waals surface area contributed by atoms with Gasteiger partial charge in [0.2, 0.25) is 0 Å². The summed E-state index contributed by atoms with van der Waals surface area (Å²) in [6, 6.07) is 16.9. The summed E-state index contributed by atoms with van der Waals surface area (Å²) in [7, 11) is -1.57. The van der Waals surface area contributed by atoms with E-state index >= 15 is 0 Å². The van der Waals surface area contributed by atoms with Crippen molar-refractivity contribution in [2.24, 2.45) is 0 Å². The molecule has 0 unspecified atom stereocenters. The third kappa shape index (κ3) is 9.14. The van der Waals surface area contributed by atoms with Crippen LogP contribution in [-0.4, -0.2) is 58.2 Å². The lowest BCUT2D eigenvalue weighted by atomic mass is 9.99. The zero-order chi connectivity index (χ0) is 32.6. The highest BCUT2D eigenvalue weighted by Gasteiger charge is 2.32. The number of aliphatic hydroxyl groups excluding tert-OH is 1. The van der Waals surface area contributed by atoms with Gasteiger partial charge in [0.15, 0.2) is 0 Å². The van der Waals surface area contributed by atoms with E-state index < -0.39 is 40.6 Å². The summed E-state index contributed by atoms with van der Waals surface area (Å²) >= 11 is 0. The molecule has 3 aromatic rings. The van der Waals surface area contributed by atoms with Gasteiger partial charge in [0, 0.05) is 25.2 Å². The maximum atomic E-state index is 13.8. The van der Waals surface area contributed by atoms with E-state index in [-0.39, 0.29) is 24.4 Å². The second-order valence-electron chi connectivity index (χ2n) is 11.2. The largest absolute Gasteiger partial charge is 0.494 e. The van der Waals surface area contributed by atoms with E-state index in [4.69, 9.17) is 4.74 Å². The van der Waals surface area contributed by atoms with Crippen LogP contribution in [0.1, 0.15) is 58.8 Å². The fraction of sp³-hybridized carbons (Fsp3) is 0.424. The molecule has 0 spiro atoms. The van der Waals surface area contributed by atoms with E-state index in [0.717, 1.165) is 36.1 Å². The molecule has 0 saturated carbocycles. The number of carbonyl (C=O) groups is 1. The molecule has 246 valence electrons. The number of hydrogen-bond donors (Lipinski definition) is 5. The number of anilines is 1. The molecule has 5 N–H and O–H groups in total. The zero-order valence-corrected chi connectivity index (χ0v) is 26.3. The van der Waals surface area contributed by atoms with Crippen molar-refractivity contribution in [3.05, 3.63) is 94.5 Å². The minimum Gasteiger partial charge on any atom is -0.494 e. The highest BCUT2D eigenvalue weighted by Crippen LogP contribution is 2.52. The number of halogens is 3. The number of nitrogens with one attached hydrogen (secondary N) is 2. The molecular weight excluding hydrogens is 607 g/mol. The van der Waals surface area contributed by atoms with Crippen LogP contribution in [0.25, 0.3) is 0 Å². The maximum absolute atomic E-state index is 13.8. The summed E-state index contributed by atoms with van der Waals surface area (Å²) in [5.41, 5.74) is 2.03. The normalized spacial score (nSPS) is 16.9. The Bertz CT molecular complexity index is 1420. The molecular formula is C33H42F3N3O5S. The van der Waals surface area contributed by atoms with Crippen LogP contribution in [0.2, 0.25) is 0 Å². The first kappa shape index (κ1) is 34.6. The van der Waals surface area contributed by atoms with Gasteiger partial charge in [0.25, 0.3) is 5.91 Å². The van der Waals surface area contributed by atoms with Crippen LogP contribution in [0.15, 0.2) is 66.7 Å². The molecule has 1 saturated heterocycles. The number of methoxy groups -OCH3 is 1. The minimum absolute atomic E-state index is 0.0116. The number of benzene rings is 3. The molecule has 1 amide bonds. The Balaban J connectivity index is 1.57. The van der Waals surface area contributed by atoms with Crippen LogP contribution in [0, 0.1) is 0 Å². The highest BCUT2D eigenvalue weighted by atomic mass is 32.3. The van der Waals surface area contributed by atoms with Crippen molar-refractivity contribution in [1.82, 2.24) is 10.6 Å². The SMILES string of the molecule is CCCc1cc(C(=O)N[C@@H](Cc2ccccc2)[C@H](O)CNCc2cccc(C(F)(F)F)c2)cc(N2CCCCS2(O)O)c1OC. The van der Waals surface area contributed by atoms with Gasteiger partial charge in [0.1, 0.15) is 5.75 Å². The molecule has 0 radical (unpaired) electrons. The van der Waals surface area contributed by atoms with Crippen LogP contribution in [0.5, 0.6) is 5.75 Å². The van der Waals surface area contributed by atoms with Gasteiger partial charge in [-0.1, -0.05) is 61.9 Å². The number of aryl methyl sites for hydroxylation is 1. The quantitative estimate of drug-likeness (QED) is 0.145. The van der Waals surface area contributed by atoms with Crippen molar-refractivity contribution < 1.29 is 36.9 Å². The van der Waals surface area contributed by atoms with Gasteiger partial charge >= 0.3 is 6.18 Å². The Morgan fingerprint density at radius 1 is 1.04 bits per heavy atom. The molecule has 3 aromatic carbocycles. The van der Waals surface area contributed by atoms with Gasteiger partial charge in [-0.15, -0.1) is 10.8 Å². The lowest BCUT2D eigenvalue weighted by Crippen LogP contribution is -2.48. The van der Waals surface area contributed by atoms with E-state index in [1.54, 1.807) is 22.5 Å². The highest BCUT2D eigenvalue weighted by molar-refractivity contribution is 8.25. The molecule has 0 aromatic heterocycles. The van der Waals surface area contributed by atoms with Crippen molar-refractivity contribution in [1.29, 1.82) is 0 Å². The number of alkyl halides is 3. The lowest BCUT2D eigenvalue weighted by Gasteiger charge is -2.48. The summed E-state index contributed by atoms with van der Waals surface area (Å²) in [6.07, 6.45) is -2.42. The average molecular weight is 650 g/mol. The summed E-state index contributed by atoms with van der Waals surface area (Å²) in [5.74, 6) is 0.270. The Kier molecular flexibility index (Phi) is 11.8. The van der Waals surface area contributed by atoms with E-state index in [9.17, 15) is 32.2 Å². The fourth-order valence-corrected chi connectivity index (χ4v) is 7.22. The third-order valence-corrected chi connectivity index (χ3v) is 9.72. The third-order valence-electron chi connectivity index (χ3n) is 7.80. The molecule has 4 rings (SSSR count). The number of amides is 1. The monoisotopic (exact) mass is 649 g/mol. The minimum atomic E-state index is -4.45. The molecule has 1 heterocycles. The number of ether oxygens (including phenoxy) is 1. The predicted octanol–water partition coefficient (Wildman–Crippen LogP) is 6.42. The van der Waals surface area contributed by atoms with E-state index in [0.29, 0.717) is 42.8 Å². The van der Waals surface area contributed by atoms with Crippen molar-refractivity contribution >= 4 is 22.4 Å². The molecule has 2 atom stereocenters. The molecule has 45 heavy (non-hydrogen) atoms. The summed E-state index contributed by atoms with van der Waals surface area (Å²) < 4.78 is 68.4. The van der Waals surface area contributed by atoms with Gasteiger partial charge in [-0.05, 0) is 60.6 Å². The summed E-state index contributed by atoms with van der Waals surface area (Å²) in [4.78, 5) is 13.8. The van der Waals surface area contributed by atoms with Crippen molar-refractivity contribution in [3.63, 3.8) is 0 Å².